The van der Waals surface area contributed by atoms with Crippen molar-refractivity contribution in [1.82, 2.24) is 9.97 Å². The van der Waals surface area contributed by atoms with Crippen LogP contribution in [0.1, 0.15) is 56.2 Å². The third kappa shape index (κ3) is 2.80. The van der Waals surface area contributed by atoms with Crippen LogP contribution in [-0.2, 0) is 12.8 Å². The average molecular weight is 275 g/mol. The van der Waals surface area contributed by atoms with E-state index in [4.69, 9.17) is 0 Å². The van der Waals surface area contributed by atoms with Crippen molar-refractivity contribution in [2.24, 2.45) is 0 Å². The molecule has 0 radical (unpaired) electrons. The molecule has 2 aliphatic rings. The van der Waals surface area contributed by atoms with E-state index in [9.17, 15) is 5.11 Å². The lowest BCUT2D eigenvalue weighted by Gasteiger charge is -2.31. The van der Waals surface area contributed by atoms with Crippen molar-refractivity contribution < 1.29 is 5.11 Å². The number of aliphatic hydroxyl groups is 1. The molecule has 0 spiro atoms. The van der Waals surface area contributed by atoms with Crippen LogP contribution in [0.5, 0.6) is 0 Å². The van der Waals surface area contributed by atoms with Crippen molar-refractivity contribution in [2.75, 3.05) is 18.1 Å². The van der Waals surface area contributed by atoms with E-state index >= 15 is 0 Å². The number of hydrogen-bond acceptors (Lipinski definition) is 4. The Morgan fingerprint density at radius 3 is 2.80 bits per heavy atom. The normalized spacial score (nSPS) is 23.9. The molecule has 1 N–H and O–H groups in total. The highest BCUT2D eigenvalue weighted by Gasteiger charge is 2.25. The van der Waals surface area contributed by atoms with Crippen LogP contribution in [0.4, 0.5) is 5.82 Å². The minimum absolute atomic E-state index is 0.235. The Kier molecular flexibility index (Phi) is 4.51. The molecule has 1 aromatic heterocycles. The molecule has 1 saturated heterocycles. The number of anilines is 1. The maximum Gasteiger partial charge on any atom is 0.135 e. The molecule has 1 unspecified atom stereocenters. The van der Waals surface area contributed by atoms with Gasteiger partial charge in [0.05, 0.1) is 12.6 Å². The Labute approximate surface area is 121 Å². The molecular formula is C16H25N3O. The number of nitrogens with zero attached hydrogens (tertiary/aromatic N) is 3. The van der Waals surface area contributed by atoms with Crippen LogP contribution >= 0.6 is 0 Å². The summed E-state index contributed by atoms with van der Waals surface area (Å²) in [5.74, 6) is 1.11. The van der Waals surface area contributed by atoms with Gasteiger partial charge in [-0.1, -0.05) is 19.3 Å². The van der Waals surface area contributed by atoms with Gasteiger partial charge in [0.1, 0.15) is 12.1 Å². The van der Waals surface area contributed by atoms with E-state index in [2.05, 4.69) is 14.9 Å². The molecule has 1 aliphatic heterocycles. The molecule has 0 aromatic carbocycles. The van der Waals surface area contributed by atoms with Gasteiger partial charge >= 0.3 is 0 Å². The quantitative estimate of drug-likeness (QED) is 0.843. The van der Waals surface area contributed by atoms with Gasteiger partial charge < -0.3 is 10.0 Å². The molecule has 0 saturated carbocycles. The summed E-state index contributed by atoms with van der Waals surface area (Å²) in [4.78, 5) is 11.5. The van der Waals surface area contributed by atoms with E-state index in [0.717, 1.165) is 31.6 Å². The first-order chi connectivity index (χ1) is 9.90. The molecule has 20 heavy (non-hydrogen) atoms. The summed E-state index contributed by atoms with van der Waals surface area (Å²) < 4.78 is 0. The van der Waals surface area contributed by atoms with Gasteiger partial charge in [-0.3, -0.25) is 0 Å². The Morgan fingerprint density at radius 1 is 1.05 bits per heavy atom. The number of aromatic nitrogens is 2. The summed E-state index contributed by atoms with van der Waals surface area (Å²) in [6.07, 6.45) is 12.4. The van der Waals surface area contributed by atoms with E-state index in [1.54, 1.807) is 6.33 Å². The number of hydrogen-bond donors (Lipinski definition) is 1. The molecule has 110 valence electrons. The van der Waals surface area contributed by atoms with E-state index in [1.807, 2.05) is 0 Å². The topological polar surface area (TPSA) is 49.2 Å². The van der Waals surface area contributed by atoms with Crippen LogP contribution in [-0.4, -0.2) is 34.3 Å². The lowest BCUT2D eigenvalue weighted by molar-refractivity contribution is 0.254. The number of aliphatic hydroxyl groups excluding tert-OH is 1. The molecule has 1 fully saturated rings. The van der Waals surface area contributed by atoms with E-state index in [1.165, 1.54) is 49.8 Å². The Balaban J connectivity index is 1.95. The molecule has 2 heterocycles. The second-order valence-corrected chi connectivity index (χ2v) is 6.06. The maximum atomic E-state index is 9.72. The van der Waals surface area contributed by atoms with Gasteiger partial charge in [-0.15, -0.1) is 0 Å². The Hall–Kier alpha value is -1.16. The zero-order chi connectivity index (χ0) is 13.8. The molecule has 3 rings (SSSR count). The van der Waals surface area contributed by atoms with Gasteiger partial charge in [0, 0.05) is 17.8 Å². The lowest BCUT2D eigenvalue weighted by Crippen LogP contribution is -2.39. The molecule has 1 aromatic rings. The van der Waals surface area contributed by atoms with Crippen molar-refractivity contribution in [3.63, 3.8) is 0 Å². The SMILES string of the molecule is OCC1CCCCCN1c1ncnc2c1CCCCC2. The third-order valence-electron chi connectivity index (χ3n) is 4.71. The van der Waals surface area contributed by atoms with E-state index < -0.39 is 0 Å². The van der Waals surface area contributed by atoms with Crippen LogP contribution in [0.15, 0.2) is 6.33 Å². The fourth-order valence-electron chi connectivity index (χ4n) is 3.57. The minimum Gasteiger partial charge on any atom is -0.394 e. The third-order valence-corrected chi connectivity index (χ3v) is 4.71. The predicted molar refractivity (Wildman–Crippen MR) is 80.0 cm³/mol. The largest absolute Gasteiger partial charge is 0.394 e. The second-order valence-electron chi connectivity index (χ2n) is 6.06. The maximum absolute atomic E-state index is 9.72. The van der Waals surface area contributed by atoms with Gasteiger partial charge in [-0.2, -0.15) is 0 Å². The smallest absolute Gasteiger partial charge is 0.135 e. The fourth-order valence-corrected chi connectivity index (χ4v) is 3.57. The Bertz CT molecular complexity index is 449. The van der Waals surface area contributed by atoms with Gasteiger partial charge in [-0.25, -0.2) is 9.97 Å². The minimum atomic E-state index is 0.235. The monoisotopic (exact) mass is 275 g/mol. The molecule has 4 heteroatoms. The Morgan fingerprint density at radius 2 is 1.90 bits per heavy atom. The molecule has 1 aliphatic carbocycles. The number of rotatable bonds is 2. The predicted octanol–water partition coefficient (Wildman–Crippen LogP) is 2.49. The standard InChI is InChI=1S/C16H25N3O/c20-11-13-7-3-2-6-10-19(13)16-14-8-4-1-5-9-15(14)17-12-18-16/h12-13,20H,1-11H2. The first-order valence-corrected chi connectivity index (χ1v) is 8.10. The zero-order valence-corrected chi connectivity index (χ0v) is 12.2. The zero-order valence-electron chi connectivity index (χ0n) is 12.2. The second kappa shape index (κ2) is 6.53. The summed E-state index contributed by atoms with van der Waals surface area (Å²) in [7, 11) is 0. The van der Waals surface area contributed by atoms with Gasteiger partial charge in [0.2, 0.25) is 0 Å². The molecule has 4 nitrogen and oxygen atoms in total. The molecule has 0 amide bonds. The van der Waals surface area contributed by atoms with Crippen LogP contribution in [0, 0.1) is 0 Å². The van der Waals surface area contributed by atoms with Crippen molar-refractivity contribution >= 4 is 5.82 Å². The van der Waals surface area contributed by atoms with Crippen LogP contribution in [0.2, 0.25) is 0 Å². The van der Waals surface area contributed by atoms with Gasteiger partial charge in [0.15, 0.2) is 0 Å². The first-order valence-electron chi connectivity index (χ1n) is 8.10. The van der Waals surface area contributed by atoms with Gasteiger partial charge in [0.25, 0.3) is 0 Å². The summed E-state index contributed by atoms with van der Waals surface area (Å²) in [6.45, 7) is 1.26. The van der Waals surface area contributed by atoms with E-state index in [0.29, 0.717) is 0 Å². The first kappa shape index (κ1) is 13.8. The summed E-state index contributed by atoms with van der Waals surface area (Å²) in [5, 5.41) is 9.72. The number of aryl methyl sites for hydroxylation is 1. The highest BCUT2D eigenvalue weighted by atomic mass is 16.3. The molecule has 1 atom stereocenters. The lowest BCUT2D eigenvalue weighted by atomic mass is 10.1. The highest BCUT2D eigenvalue weighted by molar-refractivity contribution is 5.50. The molecular weight excluding hydrogens is 250 g/mol. The number of fused-ring (bicyclic) bond motifs is 1. The van der Waals surface area contributed by atoms with Crippen LogP contribution < -0.4 is 4.90 Å². The van der Waals surface area contributed by atoms with Gasteiger partial charge in [-0.05, 0) is 38.5 Å². The fraction of sp³-hybridized carbons (Fsp3) is 0.750. The van der Waals surface area contributed by atoms with Crippen molar-refractivity contribution in [3.8, 4) is 0 Å². The molecule has 0 bridgehead atoms. The highest BCUT2D eigenvalue weighted by Crippen LogP contribution is 2.30. The van der Waals surface area contributed by atoms with Crippen LogP contribution in [0.3, 0.4) is 0 Å². The van der Waals surface area contributed by atoms with Crippen molar-refractivity contribution in [3.05, 3.63) is 17.6 Å². The summed E-state index contributed by atoms with van der Waals surface area (Å²) in [6, 6.07) is 0.236. The van der Waals surface area contributed by atoms with Crippen LogP contribution in [0.25, 0.3) is 0 Å². The summed E-state index contributed by atoms with van der Waals surface area (Å²) in [5.41, 5.74) is 2.60. The average Bonchev–Trinajstić information content (AvgIpc) is 2.86. The van der Waals surface area contributed by atoms with Crippen molar-refractivity contribution in [1.29, 1.82) is 0 Å². The summed E-state index contributed by atoms with van der Waals surface area (Å²) >= 11 is 0. The van der Waals surface area contributed by atoms with E-state index in [-0.39, 0.29) is 12.6 Å². The van der Waals surface area contributed by atoms with Crippen molar-refractivity contribution in [2.45, 2.75) is 63.8 Å².